The third-order valence-corrected chi connectivity index (χ3v) is 2.19. The zero-order chi connectivity index (χ0) is 5.72. The molecule has 1 N–H and O–H groups in total. The SMILES string of the molecule is CC(C)CC1C2NC12. The third-order valence-electron chi connectivity index (χ3n) is 2.19. The molecule has 1 saturated carbocycles. The largest absolute Gasteiger partial charge is 0.307 e. The molecule has 8 heavy (non-hydrogen) atoms. The summed E-state index contributed by atoms with van der Waals surface area (Å²) in [5.41, 5.74) is 0. The summed E-state index contributed by atoms with van der Waals surface area (Å²) in [5.74, 6) is 1.99. The lowest BCUT2D eigenvalue weighted by Crippen LogP contribution is -2.09. The predicted molar refractivity (Wildman–Crippen MR) is 33.7 cm³/mol. The molecule has 1 heterocycles. The molecule has 0 amide bonds. The van der Waals surface area contributed by atoms with E-state index in [1.54, 1.807) is 0 Å². The van der Waals surface area contributed by atoms with Crippen LogP contribution in [-0.4, -0.2) is 12.1 Å². The van der Waals surface area contributed by atoms with Crippen LogP contribution in [0.25, 0.3) is 0 Å². The minimum absolute atomic E-state index is 0.912. The van der Waals surface area contributed by atoms with E-state index in [2.05, 4.69) is 19.2 Å². The molecular formula is C7H13N. The third kappa shape index (κ3) is 0.576. The van der Waals surface area contributed by atoms with E-state index in [1.807, 2.05) is 0 Å². The van der Waals surface area contributed by atoms with Crippen molar-refractivity contribution in [2.45, 2.75) is 32.4 Å². The maximum absolute atomic E-state index is 3.35. The Morgan fingerprint density at radius 3 is 2.12 bits per heavy atom. The van der Waals surface area contributed by atoms with Crippen LogP contribution in [-0.2, 0) is 0 Å². The zero-order valence-corrected chi connectivity index (χ0v) is 5.52. The second-order valence-electron chi connectivity index (χ2n) is 3.51. The van der Waals surface area contributed by atoms with E-state index in [-0.39, 0.29) is 0 Å². The fourth-order valence-electron chi connectivity index (χ4n) is 1.51. The van der Waals surface area contributed by atoms with Gasteiger partial charge in [-0.25, -0.2) is 0 Å². The first kappa shape index (κ1) is 4.80. The van der Waals surface area contributed by atoms with Crippen LogP contribution < -0.4 is 5.32 Å². The summed E-state index contributed by atoms with van der Waals surface area (Å²) in [7, 11) is 0. The minimum atomic E-state index is 0.912. The Hall–Kier alpha value is -0.0400. The lowest BCUT2D eigenvalue weighted by atomic mass is 10.1. The number of fused-ring (bicyclic) bond motifs is 1. The summed E-state index contributed by atoms with van der Waals surface area (Å²) < 4.78 is 0. The Balaban J connectivity index is 1.71. The van der Waals surface area contributed by atoms with Gasteiger partial charge in [0.25, 0.3) is 0 Å². The monoisotopic (exact) mass is 111 g/mol. The van der Waals surface area contributed by atoms with Gasteiger partial charge in [-0.3, -0.25) is 0 Å². The smallest absolute Gasteiger partial charge is 0.0271 e. The van der Waals surface area contributed by atoms with E-state index in [4.69, 9.17) is 0 Å². The van der Waals surface area contributed by atoms with Gasteiger partial charge in [-0.15, -0.1) is 0 Å². The molecule has 0 aromatic carbocycles. The van der Waals surface area contributed by atoms with Crippen LogP contribution in [0.4, 0.5) is 0 Å². The van der Waals surface area contributed by atoms with Crippen molar-refractivity contribution in [3.63, 3.8) is 0 Å². The van der Waals surface area contributed by atoms with E-state index in [9.17, 15) is 0 Å². The molecule has 46 valence electrons. The molecule has 1 nitrogen and oxygen atoms in total. The summed E-state index contributed by atoms with van der Waals surface area (Å²) in [6.07, 6.45) is 1.45. The molecule has 1 saturated heterocycles. The van der Waals surface area contributed by atoms with Crippen molar-refractivity contribution < 1.29 is 0 Å². The van der Waals surface area contributed by atoms with Gasteiger partial charge in [0.05, 0.1) is 0 Å². The molecule has 2 unspecified atom stereocenters. The van der Waals surface area contributed by atoms with Gasteiger partial charge in [-0.05, 0) is 18.3 Å². The van der Waals surface area contributed by atoms with Crippen LogP contribution in [0.1, 0.15) is 20.3 Å². The Morgan fingerprint density at radius 1 is 1.38 bits per heavy atom. The fourth-order valence-corrected chi connectivity index (χ4v) is 1.51. The molecule has 2 rings (SSSR count). The normalized spacial score (nSPS) is 49.1. The topological polar surface area (TPSA) is 21.9 Å². The summed E-state index contributed by atoms with van der Waals surface area (Å²) in [6, 6.07) is 1.94. The zero-order valence-electron chi connectivity index (χ0n) is 5.52. The second-order valence-corrected chi connectivity index (χ2v) is 3.51. The summed E-state index contributed by atoms with van der Waals surface area (Å²) in [6.45, 7) is 4.61. The van der Waals surface area contributed by atoms with E-state index >= 15 is 0 Å². The first-order valence-electron chi connectivity index (χ1n) is 3.55. The van der Waals surface area contributed by atoms with Crippen molar-refractivity contribution in [1.29, 1.82) is 0 Å². The highest BCUT2D eigenvalue weighted by molar-refractivity contribution is 5.24. The summed E-state index contributed by atoms with van der Waals surface area (Å²) in [5, 5.41) is 3.35. The van der Waals surface area contributed by atoms with Crippen LogP contribution in [0, 0.1) is 11.8 Å². The molecule has 2 atom stereocenters. The Labute approximate surface area is 50.5 Å². The van der Waals surface area contributed by atoms with Crippen LogP contribution in [0.2, 0.25) is 0 Å². The maximum atomic E-state index is 3.35. The predicted octanol–water partition coefficient (Wildman–Crippen LogP) is 1.00. The van der Waals surface area contributed by atoms with Crippen LogP contribution >= 0.6 is 0 Å². The van der Waals surface area contributed by atoms with E-state index in [0.717, 1.165) is 23.9 Å². The highest BCUT2D eigenvalue weighted by Gasteiger charge is 2.63. The molecule has 0 bridgehead atoms. The Kier molecular flexibility index (Phi) is 0.762. The minimum Gasteiger partial charge on any atom is -0.307 e. The summed E-state index contributed by atoms with van der Waals surface area (Å²) in [4.78, 5) is 0. The molecule has 0 spiro atoms. The highest BCUT2D eigenvalue weighted by Crippen LogP contribution is 2.48. The maximum Gasteiger partial charge on any atom is 0.0271 e. The van der Waals surface area contributed by atoms with Crippen molar-refractivity contribution in [3.05, 3.63) is 0 Å². The van der Waals surface area contributed by atoms with Crippen LogP contribution in [0.15, 0.2) is 0 Å². The Bertz CT molecular complexity index is 101. The van der Waals surface area contributed by atoms with Crippen molar-refractivity contribution in [2.75, 3.05) is 0 Å². The van der Waals surface area contributed by atoms with E-state index in [1.165, 1.54) is 6.42 Å². The Morgan fingerprint density at radius 2 is 2.00 bits per heavy atom. The number of nitrogens with one attached hydrogen (secondary N) is 1. The van der Waals surface area contributed by atoms with Crippen molar-refractivity contribution >= 4 is 0 Å². The van der Waals surface area contributed by atoms with Gasteiger partial charge >= 0.3 is 0 Å². The molecule has 2 fully saturated rings. The van der Waals surface area contributed by atoms with E-state index in [0.29, 0.717) is 0 Å². The highest BCUT2D eigenvalue weighted by atomic mass is 15.3. The van der Waals surface area contributed by atoms with Gasteiger partial charge in [0.2, 0.25) is 0 Å². The van der Waals surface area contributed by atoms with Gasteiger partial charge in [-0.1, -0.05) is 13.8 Å². The van der Waals surface area contributed by atoms with Crippen LogP contribution in [0.3, 0.4) is 0 Å². The molecule has 0 aromatic heterocycles. The lowest BCUT2D eigenvalue weighted by molar-refractivity contribution is 0.475. The van der Waals surface area contributed by atoms with Gasteiger partial charge in [0, 0.05) is 12.1 Å². The second kappa shape index (κ2) is 1.27. The average molecular weight is 111 g/mol. The van der Waals surface area contributed by atoms with Crippen molar-refractivity contribution in [1.82, 2.24) is 5.32 Å². The molecule has 0 aromatic rings. The van der Waals surface area contributed by atoms with Crippen molar-refractivity contribution in [3.8, 4) is 0 Å². The molecule has 1 aliphatic heterocycles. The van der Waals surface area contributed by atoms with Gasteiger partial charge < -0.3 is 5.32 Å². The van der Waals surface area contributed by atoms with Crippen molar-refractivity contribution in [2.24, 2.45) is 11.8 Å². The molecule has 0 radical (unpaired) electrons. The number of hydrogen-bond acceptors (Lipinski definition) is 1. The quantitative estimate of drug-likeness (QED) is 0.528. The molecule has 2 aliphatic rings. The average Bonchev–Trinajstić information content (AvgIpc) is 2.41. The molecule has 1 aliphatic carbocycles. The lowest BCUT2D eigenvalue weighted by Gasteiger charge is -2.05. The van der Waals surface area contributed by atoms with Gasteiger partial charge in [0.15, 0.2) is 0 Å². The fraction of sp³-hybridized carbons (Fsp3) is 1.00. The first-order valence-corrected chi connectivity index (χ1v) is 3.55. The number of hydrogen-bond donors (Lipinski definition) is 1. The standard InChI is InChI=1S/C7H13N/c1-4(2)3-5-6-7(5)8-6/h4-8H,3H2,1-2H3. The molecular weight excluding hydrogens is 98.1 g/mol. The van der Waals surface area contributed by atoms with E-state index < -0.39 is 0 Å². The van der Waals surface area contributed by atoms with Crippen LogP contribution in [0.5, 0.6) is 0 Å². The first-order chi connectivity index (χ1) is 3.79. The van der Waals surface area contributed by atoms with Gasteiger partial charge in [0.1, 0.15) is 0 Å². The number of rotatable bonds is 2. The molecule has 1 heteroatoms. The van der Waals surface area contributed by atoms with Gasteiger partial charge in [-0.2, -0.15) is 0 Å². The summed E-state index contributed by atoms with van der Waals surface area (Å²) >= 11 is 0.